The van der Waals surface area contributed by atoms with E-state index in [4.69, 9.17) is 0 Å². The summed E-state index contributed by atoms with van der Waals surface area (Å²) in [6.07, 6.45) is 8.25. The smallest absolute Gasteiger partial charge is 0.251 e. The minimum absolute atomic E-state index is 0.0479. The Bertz CT molecular complexity index is 848. The van der Waals surface area contributed by atoms with Crippen molar-refractivity contribution >= 4 is 5.91 Å². The Morgan fingerprint density at radius 3 is 2.50 bits per heavy atom. The standard InChI is InChI=1S/C18H21N5O/c1-4-17(16-10-20-23(3)12-16)21-18(24)14-7-5-6-13(8-14)15-9-19-22(2)11-15/h5-12,17H,4H2,1-3H3,(H,21,24). The third kappa shape index (κ3) is 3.37. The minimum atomic E-state index is -0.0866. The van der Waals surface area contributed by atoms with E-state index >= 15 is 0 Å². The largest absolute Gasteiger partial charge is 0.345 e. The van der Waals surface area contributed by atoms with Crippen LogP contribution in [0.3, 0.4) is 0 Å². The molecule has 3 rings (SSSR count). The van der Waals surface area contributed by atoms with Crippen molar-refractivity contribution in [2.45, 2.75) is 19.4 Å². The second kappa shape index (κ2) is 6.70. The van der Waals surface area contributed by atoms with Crippen LogP contribution >= 0.6 is 0 Å². The van der Waals surface area contributed by atoms with E-state index in [1.807, 2.05) is 57.7 Å². The minimum Gasteiger partial charge on any atom is -0.345 e. The Hall–Kier alpha value is -2.89. The highest BCUT2D eigenvalue weighted by molar-refractivity contribution is 5.95. The van der Waals surface area contributed by atoms with Crippen LogP contribution in [0.2, 0.25) is 0 Å². The van der Waals surface area contributed by atoms with Gasteiger partial charge in [-0.3, -0.25) is 14.2 Å². The Labute approximate surface area is 141 Å². The van der Waals surface area contributed by atoms with Crippen molar-refractivity contribution in [2.75, 3.05) is 0 Å². The molecule has 1 amide bonds. The van der Waals surface area contributed by atoms with Crippen LogP contribution in [0.1, 0.15) is 35.3 Å². The lowest BCUT2D eigenvalue weighted by Crippen LogP contribution is -2.27. The lowest BCUT2D eigenvalue weighted by atomic mass is 10.0. The fourth-order valence-electron chi connectivity index (χ4n) is 2.69. The summed E-state index contributed by atoms with van der Waals surface area (Å²) >= 11 is 0. The van der Waals surface area contributed by atoms with Gasteiger partial charge in [-0.25, -0.2) is 0 Å². The Morgan fingerprint density at radius 2 is 1.88 bits per heavy atom. The summed E-state index contributed by atoms with van der Waals surface area (Å²) in [5.74, 6) is -0.0866. The van der Waals surface area contributed by atoms with Gasteiger partial charge in [-0.15, -0.1) is 0 Å². The zero-order valence-corrected chi connectivity index (χ0v) is 14.1. The van der Waals surface area contributed by atoms with Crippen molar-refractivity contribution in [3.63, 3.8) is 0 Å². The first-order valence-corrected chi connectivity index (χ1v) is 7.95. The van der Waals surface area contributed by atoms with E-state index < -0.39 is 0 Å². The van der Waals surface area contributed by atoms with Crippen molar-refractivity contribution in [3.05, 3.63) is 60.2 Å². The molecule has 0 spiro atoms. The summed E-state index contributed by atoms with van der Waals surface area (Å²) in [6, 6.07) is 7.54. The quantitative estimate of drug-likeness (QED) is 0.785. The lowest BCUT2D eigenvalue weighted by molar-refractivity contribution is 0.0935. The molecule has 1 unspecified atom stereocenters. The molecule has 0 aliphatic rings. The van der Waals surface area contributed by atoms with Gasteiger partial charge in [-0.2, -0.15) is 10.2 Å². The van der Waals surface area contributed by atoms with Crippen LogP contribution in [0, 0.1) is 0 Å². The first-order chi connectivity index (χ1) is 11.6. The Balaban J connectivity index is 1.79. The Kier molecular flexibility index (Phi) is 4.46. The maximum absolute atomic E-state index is 12.6. The number of nitrogens with zero attached hydrogens (tertiary/aromatic N) is 4. The SMILES string of the molecule is CCC(NC(=O)c1cccc(-c2cnn(C)c2)c1)c1cnn(C)c1. The predicted octanol–water partition coefficient (Wildman–Crippen LogP) is 2.70. The van der Waals surface area contributed by atoms with E-state index in [2.05, 4.69) is 15.5 Å². The summed E-state index contributed by atoms with van der Waals surface area (Å²) in [6.45, 7) is 2.05. The van der Waals surface area contributed by atoms with Gasteiger partial charge in [0, 0.05) is 43.2 Å². The molecule has 24 heavy (non-hydrogen) atoms. The van der Waals surface area contributed by atoms with Crippen LogP contribution < -0.4 is 5.32 Å². The molecular weight excluding hydrogens is 302 g/mol. The molecule has 0 saturated carbocycles. The zero-order valence-electron chi connectivity index (χ0n) is 14.1. The normalized spacial score (nSPS) is 12.1. The zero-order chi connectivity index (χ0) is 17.1. The number of aryl methyl sites for hydroxylation is 2. The van der Waals surface area contributed by atoms with Crippen molar-refractivity contribution in [1.29, 1.82) is 0 Å². The summed E-state index contributed by atoms with van der Waals surface area (Å²) in [7, 11) is 3.75. The van der Waals surface area contributed by atoms with Crippen LogP contribution in [0.25, 0.3) is 11.1 Å². The van der Waals surface area contributed by atoms with Gasteiger partial charge in [0.05, 0.1) is 18.4 Å². The van der Waals surface area contributed by atoms with E-state index in [-0.39, 0.29) is 11.9 Å². The highest BCUT2D eigenvalue weighted by Gasteiger charge is 2.16. The van der Waals surface area contributed by atoms with Gasteiger partial charge in [0.2, 0.25) is 0 Å². The first kappa shape index (κ1) is 16.0. The third-order valence-corrected chi connectivity index (χ3v) is 4.00. The number of rotatable bonds is 5. The maximum atomic E-state index is 12.6. The molecule has 0 aliphatic carbocycles. The third-order valence-electron chi connectivity index (χ3n) is 4.00. The van der Waals surface area contributed by atoms with E-state index in [0.717, 1.165) is 23.1 Å². The molecule has 0 radical (unpaired) electrons. The van der Waals surface area contributed by atoms with Crippen molar-refractivity contribution < 1.29 is 4.79 Å². The number of aromatic nitrogens is 4. The predicted molar refractivity (Wildman–Crippen MR) is 92.4 cm³/mol. The van der Waals surface area contributed by atoms with E-state index in [1.165, 1.54) is 0 Å². The second-order valence-electron chi connectivity index (χ2n) is 5.87. The number of carbonyl (C=O) groups is 1. The van der Waals surface area contributed by atoms with Crippen LogP contribution in [-0.4, -0.2) is 25.5 Å². The number of hydrogen-bond donors (Lipinski definition) is 1. The van der Waals surface area contributed by atoms with Crippen molar-refractivity contribution in [2.24, 2.45) is 14.1 Å². The first-order valence-electron chi connectivity index (χ1n) is 7.95. The Morgan fingerprint density at radius 1 is 1.12 bits per heavy atom. The monoisotopic (exact) mass is 323 g/mol. The number of hydrogen-bond acceptors (Lipinski definition) is 3. The molecule has 3 aromatic rings. The molecule has 2 heterocycles. The van der Waals surface area contributed by atoms with Crippen LogP contribution in [0.5, 0.6) is 0 Å². The summed E-state index contributed by atoms with van der Waals surface area (Å²) in [5.41, 5.74) is 3.62. The second-order valence-corrected chi connectivity index (χ2v) is 5.87. The molecule has 1 aromatic carbocycles. The number of carbonyl (C=O) groups excluding carboxylic acids is 1. The summed E-state index contributed by atoms with van der Waals surface area (Å²) in [4.78, 5) is 12.6. The van der Waals surface area contributed by atoms with Gasteiger partial charge in [0.25, 0.3) is 5.91 Å². The lowest BCUT2D eigenvalue weighted by Gasteiger charge is -2.15. The van der Waals surface area contributed by atoms with Gasteiger partial charge in [0.1, 0.15) is 0 Å². The van der Waals surface area contributed by atoms with Crippen LogP contribution in [0.4, 0.5) is 0 Å². The maximum Gasteiger partial charge on any atom is 0.251 e. The molecule has 6 nitrogen and oxygen atoms in total. The summed E-state index contributed by atoms with van der Waals surface area (Å²) < 4.78 is 3.49. The van der Waals surface area contributed by atoms with Crippen LogP contribution in [0.15, 0.2) is 49.1 Å². The highest BCUT2D eigenvalue weighted by atomic mass is 16.1. The van der Waals surface area contributed by atoms with Crippen LogP contribution in [-0.2, 0) is 14.1 Å². The molecule has 6 heteroatoms. The summed E-state index contributed by atoms with van der Waals surface area (Å²) in [5, 5.41) is 11.4. The van der Waals surface area contributed by atoms with Crippen molar-refractivity contribution in [3.8, 4) is 11.1 Å². The van der Waals surface area contributed by atoms with Gasteiger partial charge in [-0.1, -0.05) is 19.1 Å². The average Bonchev–Trinajstić information content (AvgIpc) is 3.21. The number of benzene rings is 1. The molecular formula is C18H21N5O. The fraction of sp³-hybridized carbons (Fsp3) is 0.278. The molecule has 0 saturated heterocycles. The number of nitrogens with one attached hydrogen (secondary N) is 1. The van der Waals surface area contributed by atoms with E-state index in [9.17, 15) is 4.79 Å². The molecule has 1 N–H and O–H groups in total. The number of amides is 1. The molecule has 1 atom stereocenters. The molecule has 124 valence electrons. The molecule has 2 aromatic heterocycles. The molecule has 0 bridgehead atoms. The highest BCUT2D eigenvalue weighted by Crippen LogP contribution is 2.21. The van der Waals surface area contributed by atoms with E-state index in [1.54, 1.807) is 21.8 Å². The average molecular weight is 323 g/mol. The fourth-order valence-corrected chi connectivity index (χ4v) is 2.69. The molecule has 0 aliphatic heterocycles. The van der Waals surface area contributed by atoms with Gasteiger partial charge < -0.3 is 5.32 Å². The molecule has 0 fully saturated rings. The van der Waals surface area contributed by atoms with Gasteiger partial charge >= 0.3 is 0 Å². The van der Waals surface area contributed by atoms with Crippen molar-refractivity contribution in [1.82, 2.24) is 24.9 Å². The van der Waals surface area contributed by atoms with E-state index in [0.29, 0.717) is 5.56 Å². The van der Waals surface area contributed by atoms with Gasteiger partial charge in [-0.05, 0) is 24.1 Å². The topological polar surface area (TPSA) is 64.7 Å². The van der Waals surface area contributed by atoms with Gasteiger partial charge in [0.15, 0.2) is 0 Å².